The van der Waals surface area contributed by atoms with Crippen molar-refractivity contribution >= 4 is 39.1 Å². The molecular formula is C28H30BrN3O3. The Morgan fingerprint density at radius 1 is 1.06 bits per heavy atom. The highest BCUT2D eigenvalue weighted by Gasteiger charge is 2.42. The summed E-state index contributed by atoms with van der Waals surface area (Å²) in [4.78, 5) is 31.3. The average molecular weight is 536 g/mol. The zero-order chi connectivity index (χ0) is 25.1. The van der Waals surface area contributed by atoms with Crippen LogP contribution in [0, 0.1) is 5.92 Å². The molecule has 1 N–H and O–H groups in total. The number of nitrogens with zero attached hydrogens (tertiary/aromatic N) is 2. The summed E-state index contributed by atoms with van der Waals surface area (Å²) in [6, 6.07) is 22.0. The Bertz CT molecular complexity index is 1200. The summed E-state index contributed by atoms with van der Waals surface area (Å²) in [6.45, 7) is 4.18. The summed E-state index contributed by atoms with van der Waals surface area (Å²) in [5.74, 6) is -0.0356. The van der Waals surface area contributed by atoms with E-state index in [1.54, 1.807) is 4.90 Å². The van der Waals surface area contributed by atoms with Gasteiger partial charge in [0.1, 0.15) is 11.8 Å². The van der Waals surface area contributed by atoms with Crippen LogP contribution in [0.25, 0.3) is 0 Å². The summed E-state index contributed by atoms with van der Waals surface area (Å²) in [5, 5.41) is 2.99. The molecule has 2 atom stereocenters. The lowest BCUT2D eigenvalue weighted by molar-refractivity contribution is -0.146. The molecule has 0 saturated heterocycles. The Morgan fingerprint density at radius 2 is 1.74 bits per heavy atom. The number of carbonyl (C=O) groups is 2. The number of hydrogen-bond donors (Lipinski definition) is 1. The number of para-hydroxylation sites is 1. The maximum atomic E-state index is 13.9. The molecule has 6 nitrogen and oxygen atoms in total. The third-order valence-corrected chi connectivity index (χ3v) is 6.55. The first-order valence-electron chi connectivity index (χ1n) is 11.6. The number of benzene rings is 3. The van der Waals surface area contributed by atoms with E-state index in [0.717, 1.165) is 15.7 Å². The third kappa shape index (κ3) is 5.51. The van der Waals surface area contributed by atoms with Crippen LogP contribution in [-0.2, 0) is 16.1 Å². The number of nitrogens with one attached hydrogen (secondary N) is 1. The highest BCUT2D eigenvalue weighted by Crippen LogP contribution is 2.39. The number of ether oxygens (including phenoxy) is 1. The van der Waals surface area contributed by atoms with Gasteiger partial charge in [-0.2, -0.15) is 0 Å². The number of fused-ring (bicyclic) bond motifs is 1. The van der Waals surface area contributed by atoms with Gasteiger partial charge in [0.05, 0.1) is 0 Å². The monoisotopic (exact) mass is 535 g/mol. The van der Waals surface area contributed by atoms with E-state index in [4.69, 9.17) is 4.74 Å². The van der Waals surface area contributed by atoms with Gasteiger partial charge in [-0.15, -0.1) is 0 Å². The first kappa shape index (κ1) is 24.8. The topological polar surface area (TPSA) is 61.9 Å². The van der Waals surface area contributed by atoms with Crippen LogP contribution in [0.1, 0.15) is 31.0 Å². The highest BCUT2D eigenvalue weighted by atomic mass is 79.9. The van der Waals surface area contributed by atoms with E-state index in [2.05, 4.69) is 21.2 Å². The number of anilines is 2. The summed E-state index contributed by atoms with van der Waals surface area (Å²) >= 11 is 3.53. The van der Waals surface area contributed by atoms with Gasteiger partial charge in [-0.3, -0.25) is 9.59 Å². The van der Waals surface area contributed by atoms with Crippen LogP contribution in [-0.4, -0.2) is 36.9 Å². The Hall–Kier alpha value is -3.32. The largest absolute Gasteiger partial charge is 0.480 e. The molecule has 0 aliphatic carbocycles. The van der Waals surface area contributed by atoms with Crippen molar-refractivity contribution in [1.29, 1.82) is 0 Å². The fraction of sp³-hybridized carbons (Fsp3) is 0.286. The lowest BCUT2D eigenvalue weighted by Crippen LogP contribution is -2.46. The number of amides is 2. The van der Waals surface area contributed by atoms with Gasteiger partial charge in [-0.1, -0.05) is 60.1 Å². The second-order valence-corrected chi connectivity index (χ2v) is 10.2. The highest BCUT2D eigenvalue weighted by molar-refractivity contribution is 9.10. The number of hydrogen-bond acceptors (Lipinski definition) is 4. The molecule has 0 saturated carbocycles. The minimum absolute atomic E-state index is 0.0754. The molecule has 0 spiro atoms. The molecule has 0 aromatic heterocycles. The quantitative estimate of drug-likeness (QED) is 0.443. The summed E-state index contributed by atoms with van der Waals surface area (Å²) < 4.78 is 7.04. The van der Waals surface area contributed by atoms with Gasteiger partial charge in [0.2, 0.25) is 0 Å². The molecular weight excluding hydrogens is 506 g/mol. The SMILES string of the molecule is CC(C)C1Oc2ccc(Br)cc2C(C(=O)Nc2ccccc2)N(Cc2ccc(N(C)C)cc2)C1=O. The van der Waals surface area contributed by atoms with E-state index in [-0.39, 0.29) is 24.3 Å². The molecule has 3 aromatic carbocycles. The predicted octanol–water partition coefficient (Wildman–Crippen LogP) is 5.64. The van der Waals surface area contributed by atoms with Crippen molar-refractivity contribution in [3.05, 3.63) is 88.4 Å². The summed E-state index contributed by atoms with van der Waals surface area (Å²) in [5.41, 5.74) is 3.31. The Morgan fingerprint density at radius 3 is 2.37 bits per heavy atom. The number of halogens is 1. The van der Waals surface area contributed by atoms with Gasteiger partial charge in [-0.05, 0) is 53.9 Å². The van der Waals surface area contributed by atoms with E-state index >= 15 is 0 Å². The molecule has 3 aromatic rings. The predicted molar refractivity (Wildman–Crippen MR) is 143 cm³/mol. The fourth-order valence-corrected chi connectivity index (χ4v) is 4.57. The van der Waals surface area contributed by atoms with Gasteiger partial charge in [0, 0.05) is 42.1 Å². The van der Waals surface area contributed by atoms with Crippen LogP contribution in [0.4, 0.5) is 11.4 Å². The molecule has 182 valence electrons. The fourth-order valence-electron chi connectivity index (χ4n) is 4.19. The van der Waals surface area contributed by atoms with Crippen molar-refractivity contribution in [1.82, 2.24) is 4.90 Å². The lowest BCUT2D eigenvalue weighted by Gasteiger charge is -2.31. The molecule has 1 aliphatic heterocycles. The minimum atomic E-state index is -0.868. The molecule has 2 unspecified atom stereocenters. The second kappa shape index (κ2) is 10.5. The van der Waals surface area contributed by atoms with E-state index in [0.29, 0.717) is 17.0 Å². The molecule has 7 heteroatoms. The maximum absolute atomic E-state index is 13.9. The third-order valence-electron chi connectivity index (χ3n) is 6.06. The molecule has 1 heterocycles. The van der Waals surface area contributed by atoms with Crippen LogP contribution < -0.4 is 15.0 Å². The Balaban J connectivity index is 1.80. The zero-order valence-corrected chi connectivity index (χ0v) is 22.0. The molecule has 1 aliphatic rings. The molecule has 0 radical (unpaired) electrons. The van der Waals surface area contributed by atoms with Crippen molar-refractivity contribution in [3.63, 3.8) is 0 Å². The summed E-state index contributed by atoms with van der Waals surface area (Å²) in [7, 11) is 3.97. The van der Waals surface area contributed by atoms with E-state index in [9.17, 15) is 9.59 Å². The van der Waals surface area contributed by atoms with Crippen LogP contribution in [0.2, 0.25) is 0 Å². The van der Waals surface area contributed by atoms with Crippen LogP contribution in [0.5, 0.6) is 5.75 Å². The van der Waals surface area contributed by atoms with Crippen molar-refractivity contribution in [2.45, 2.75) is 32.5 Å². The maximum Gasteiger partial charge on any atom is 0.265 e. The first-order chi connectivity index (χ1) is 16.7. The Kier molecular flexibility index (Phi) is 7.45. The van der Waals surface area contributed by atoms with E-state index < -0.39 is 12.1 Å². The van der Waals surface area contributed by atoms with Crippen molar-refractivity contribution < 1.29 is 14.3 Å². The van der Waals surface area contributed by atoms with Gasteiger partial charge in [-0.25, -0.2) is 0 Å². The van der Waals surface area contributed by atoms with Gasteiger partial charge in [0.15, 0.2) is 6.10 Å². The molecule has 0 fully saturated rings. The second-order valence-electron chi connectivity index (χ2n) is 9.25. The molecule has 2 amide bonds. The standard InChI is InChI=1S/C28H30BrN3O3/c1-18(2)26-28(34)32(17-19-10-13-22(14-11-19)31(3)4)25(23-16-20(29)12-15-24(23)35-26)27(33)30-21-8-6-5-7-9-21/h5-16,18,25-26H,17H2,1-4H3,(H,30,33). The van der Waals surface area contributed by atoms with Crippen molar-refractivity contribution in [3.8, 4) is 5.75 Å². The summed E-state index contributed by atoms with van der Waals surface area (Å²) in [6.07, 6.45) is -0.703. The molecule has 4 rings (SSSR count). The molecule has 0 bridgehead atoms. The van der Waals surface area contributed by atoms with Gasteiger partial charge >= 0.3 is 0 Å². The zero-order valence-electron chi connectivity index (χ0n) is 20.4. The lowest BCUT2D eigenvalue weighted by atomic mass is 10.0. The Labute approximate surface area is 215 Å². The minimum Gasteiger partial charge on any atom is -0.480 e. The van der Waals surface area contributed by atoms with Crippen LogP contribution >= 0.6 is 15.9 Å². The van der Waals surface area contributed by atoms with E-state index in [1.165, 1.54) is 0 Å². The average Bonchev–Trinajstić information content (AvgIpc) is 2.94. The number of rotatable bonds is 6. The van der Waals surface area contributed by atoms with Crippen LogP contribution in [0.15, 0.2) is 77.3 Å². The number of carbonyl (C=O) groups excluding carboxylic acids is 2. The normalized spacial score (nSPS) is 17.4. The molecule has 35 heavy (non-hydrogen) atoms. The van der Waals surface area contributed by atoms with E-state index in [1.807, 2.05) is 106 Å². The van der Waals surface area contributed by atoms with Gasteiger partial charge in [0.25, 0.3) is 11.8 Å². The smallest absolute Gasteiger partial charge is 0.265 e. The first-order valence-corrected chi connectivity index (χ1v) is 12.4. The van der Waals surface area contributed by atoms with Crippen molar-refractivity contribution in [2.24, 2.45) is 5.92 Å². The van der Waals surface area contributed by atoms with Gasteiger partial charge < -0.3 is 19.9 Å². The van der Waals surface area contributed by atoms with Crippen LogP contribution in [0.3, 0.4) is 0 Å². The van der Waals surface area contributed by atoms with Crippen molar-refractivity contribution in [2.75, 3.05) is 24.3 Å².